The van der Waals surface area contributed by atoms with E-state index in [-0.39, 0.29) is 13.9 Å². The number of H-pyrrole nitrogens is 1. The van der Waals surface area contributed by atoms with Crippen LogP contribution in [-0.4, -0.2) is 35.3 Å². The molecule has 4 rings (SSSR count). The number of nitrogens with zero attached hydrogens (tertiary/aromatic N) is 1. The monoisotopic (exact) mass is 455 g/mol. The van der Waals surface area contributed by atoms with Gasteiger partial charge in [-0.15, -0.1) is 0 Å². The van der Waals surface area contributed by atoms with Crippen LogP contribution in [0.5, 0.6) is 5.75 Å². The van der Waals surface area contributed by atoms with E-state index in [1.807, 2.05) is 55.6 Å². The van der Waals surface area contributed by atoms with Crippen LogP contribution in [0.3, 0.4) is 0 Å². The van der Waals surface area contributed by atoms with E-state index < -0.39 is 6.04 Å². The maximum Gasteiger partial charge on any atom is 0.255 e. The van der Waals surface area contributed by atoms with Gasteiger partial charge in [-0.3, -0.25) is 4.79 Å². The fraction of sp³-hybridized carbons (Fsp3) is 0.214. The molecule has 1 amide bonds. The molecule has 6 heteroatoms. The Kier molecular flexibility index (Phi) is 7.26. The molecule has 0 unspecified atom stereocenters. The van der Waals surface area contributed by atoms with Gasteiger partial charge in [-0.1, -0.05) is 43.3 Å². The van der Waals surface area contributed by atoms with Gasteiger partial charge in [-0.25, -0.2) is 0 Å². The highest BCUT2D eigenvalue weighted by atomic mass is 16.5. The predicted molar refractivity (Wildman–Crippen MR) is 135 cm³/mol. The Hall–Kier alpha value is -4.08. The number of nitriles is 1. The van der Waals surface area contributed by atoms with Crippen molar-refractivity contribution in [1.82, 2.24) is 10.3 Å². The summed E-state index contributed by atoms with van der Waals surface area (Å²) in [5.74, 6) is 0.173. The van der Waals surface area contributed by atoms with Crippen molar-refractivity contribution >= 4 is 16.8 Å². The minimum Gasteiger partial charge on any atom is -0.493 e. The Morgan fingerprint density at radius 1 is 1.15 bits per heavy atom. The summed E-state index contributed by atoms with van der Waals surface area (Å²) in [7, 11) is 0. The lowest BCUT2D eigenvalue weighted by Gasteiger charge is -2.18. The van der Waals surface area contributed by atoms with Crippen LogP contribution < -0.4 is 10.1 Å². The third-order valence-electron chi connectivity index (χ3n) is 5.71. The van der Waals surface area contributed by atoms with Crippen molar-refractivity contribution in [3.8, 4) is 22.9 Å². The molecule has 34 heavy (non-hydrogen) atoms. The number of fused-ring (bicyclic) bond motifs is 1. The summed E-state index contributed by atoms with van der Waals surface area (Å²) >= 11 is 0. The maximum atomic E-state index is 13.3. The molecule has 0 aliphatic carbocycles. The molecule has 0 saturated carbocycles. The molecule has 3 N–H and O–H groups in total. The van der Waals surface area contributed by atoms with Crippen molar-refractivity contribution in [3.05, 3.63) is 89.6 Å². The zero-order valence-electron chi connectivity index (χ0n) is 19.0. The molecule has 174 valence electrons. The molecule has 6 nitrogen and oxygen atoms in total. The van der Waals surface area contributed by atoms with Gasteiger partial charge < -0.3 is 20.1 Å². The number of aliphatic hydroxyl groups excluding tert-OH is 1. The number of nitrogens with one attached hydrogen (secondary N) is 2. The van der Waals surface area contributed by atoms with Crippen LogP contribution in [0, 0.1) is 11.3 Å². The first-order chi connectivity index (χ1) is 16.6. The van der Waals surface area contributed by atoms with Crippen molar-refractivity contribution in [1.29, 1.82) is 5.26 Å². The van der Waals surface area contributed by atoms with Gasteiger partial charge in [0.1, 0.15) is 5.75 Å². The van der Waals surface area contributed by atoms with Gasteiger partial charge in [0.25, 0.3) is 5.91 Å². The molecule has 1 aromatic heterocycles. The largest absolute Gasteiger partial charge is 0.493 e. The zero-order valence-corrected chi connectivity index (χ0v) is 19.0. The third kappa shape index (κ3) is 5.11. The summed E-state index contributed by atoms with van der Waals surface area (Å²) in [4.78, 5) is 16.6. The number of hydrogen-bond acceptors (Lipinski definition) is 4. The first kappa shape index (κ1) is 23.1. The van der Waals surface area contributed by atoms with Gasteiger partial charge in [-0.2, -0.15) is 5.26 Å². The Morgan fingerprint density at radius 3 is 2.76 bits per heavy atom. The van der Waals surface area contributed by atoms with Crippen molar-refractivity contribution < 1.29 is 16.1 Å². The van der Waals surface area contributed by atoms with Crippen molar-refractivity contribution in [2.24, 2.45) is 0 Å². The second-order valence-corrected chi connectivity index (χ2v) is 8.17. The summed E-state index contributed by atoms with van der Waals surface area (Å²) in [6.45, 7) is 2.30. The first-order valence-corrected chi connectivity index (χ1v) is 11.4. The minimum absolute atomic E-state index is 0. The number of hydrogen-bond donors (Lipinski definition) is 3. The average Bonchev–Trinajstić information content (AvgIpc) is 3.29. The molecular formula is C28H29N3O3. The first-order valence-electron chi connectivity index (χ1n) is 11.4. The summed E-state index contributed by atoms with van der Waals surface area (Å²) in [5.41, 5.74) is 4.64. The SMILES string of the molecule is CCCOc1ccc(-c2cccc(C#N)c2)cc1C(=O)N[C@H](CO)Cc1c[nH]c2ccccc12.[HH]. The molecular weight excluding hydrogens is 426 g/mol. The van der Waals surface area contributed by atoms with Crippen molar-refractivity contribution in [3.63, 3.8) is 0 Å². The van der Waals surface area contributed by atoms with Gasteiger partial charge in [-0.05, 0) is 59.9 Å². The Morgan fingerprint density at radius 2 is 1.97 bits per heavy atom. The van der Waals surface area contributed by atoms with Crippen molar-refractivity contribution in [2.45, 2.75) is 25.8 Å². The Labute approximate surface area is 200 Å². The van der Waals surface area contributed by atoms with Crippen LogP contribution in [-0.2, 0) is 6.42 Å². The summed E-state index contributed by atoms with van der Waals surface area (Å²) in [5, 5.41) is 23.3. The lowest BCUT2D eigenvalue weighted by Crippen LogP contribution is -2.39. The molecule has 1 atom stereocenters. The predicted octanol–water partition coefficient (Wildman–Crippen LogP) is 5.07. The number of amides is 1. The van der Waals surface area contributed by atoms with Crippen LogP contribution in [0.4, 0.5) is 0 Å². The molecule has 0 saturated heterocycles. The number of aromatic amines is 1. The van der Waals surface area contributed by atoms with Crippen LogP contribution in [0.15, 0.2) is 72.9 Å². The molecule has 4 aromatic rings. The van der Waals surface area contributed by atoms with E-state index in [1.165, 1.54) is 0 Å². The number of para-hydroxylation sites is 1. The number of benzene rings is 3. The van der Waals surface area contributed by atoms with E-state index >= 15 is 0 Å². The number of carbonyl (C=O) groups is 1. The van der Waals surface area contributed by atoms with E-state index in [4.69, 9.17) is 4.74 Å². The molecule has 0 aliphatic heterocycles. The van der Waals surface area contributed by atoms with Gasteiger partial charge >= 0.3 is 0 Å². The van der Waals surface area contributed by atoms with Gasteiger partial charge in [0.15, 0.2) is 0 Å². The summed E-state index contributed by atoms with van der Waals surface area (Å²) < 4.78 is 5.84. The lowest BCUT2D eigenvalue weighted by atomic mass is 10.00. The number of ether oxygens (including phenoxy) is 1. The number of aromatic nitrogens is 1. The molecule has 0 bridgehead atoms. The second-order valence-electron chi connectivity index (χ2n) is 8.17. The van der Waals surface area contributed by atoms with Gasteiger partial charge in [0, 0.05) is 18.5 Å². The highest BCUT2D eigenvalue weighted by Crippen LogP contribution is 2.28. The fourth-order valence-corrected chi connectivity index (χ4v) is 3.98. The van der Waals surface area contributed by atoms with E-state index in [2.05, 4.69) is 16.4 Å². The molecule has 1 heterocycles. The third-order valence-corrected chi connectivity index (χ3v) is 5.71. The zero-order chi connectivity index (χ0) is 23.9. The second kappa shape index (κ2) is 10.7. The number of aliphatic hydroxyl groups is 1. The summed E-state index contributed by atoms with van der Waals surface area (Å²) in [6, 6.07) is 22.3. The fourth-order valence-electron chi connectivity index (χ4n) is 3.98. The van der Waals surface area contributed by atoms with Gasteiger partial charge in [0.05, 0.1) is 36.5 Å². The summed E-state index contributed by atoms with van der Waals surface area (Å²) in [6.07, 6.45) is 3.21. The van der Waals surface area contributed by atoms with Crippen LogP contribution in [0.25, 0.3) is 22.0 Å². The van der Waals surface area contributed by atoms with E-state index in [1.54, 1.807) is 24.3 Å². The van der Waals surface area contributed by atoms with E-state index in [0.717, 1.165) is 34.0 Å². The molecule has 0 fully saturated rings. The quantitative estimate of drug-likeness (QED) is 0.328. The minimum atomic E-state index is -0.462. The lowest BCUT2D eigenvalue weighted by molar-refractivity contribution is 0.0912. The topological polar surface area (TPSA) is 98.1 Å². The standard InChI is InChI=1S/C28H27N3O3.H2/c1-2-12-34-27-11-10-21(20-7-5-6-19(13-20)16-29)15-25(27)28(33)31-23(18-32)14-22-17-30-26-9-4-3-8-24(22)26;/h3-11,13,15,17,23,30,32H,2,12,14,18H2,1H3,(H,31,33);1H/t23-;/m0./s1. The van der Waals surface area contributed by atoms with Crippen LogP contribution in [0.1, 0.15) is 36.3 Å². The molecule has 3 aromatic carbocycles. The molecule has 0 radical (unpaired) electrons. The Balaban J connectivity index is 0.00000342. The smallest absolute Gasteiger partial charge is 0.255 e. The van der Waals surface area contributed by atoms with E-state index in [0.29, 0.717) is 29.9 Å². The number of rotatable bonds is 9. The van der Waals surface area contributed by atoms with Crippen LogP contribution in [0.2, 0.25) is 0 Å². The highest BCUT2D eigenvalue weighted by Gasteiger charge is 2.19. The number of carbonyl (C=O) groups excluding carboxylic acids is 1. The molecule has 0 aliphatic rings. The normalized spacial score (nSPS) is 11.7. The average molecular weight is 456 g/mol. The van der Waals surface area contributed by atoms with Crippen molar-refractivity contribution in [2.75, 3.05) is 13.2 Å². The highest BCUT2D eigenvalue weighted by molar-refractivity contribution is 5.98. The van der Waals surface area contributed by atoms with Crippen LogP contribution >= 0.6 is 0 Å². The van der Waals surface area contributed by atoms with Gasteiger partial charge in [0.2, 0.25) is 0 Å². The molecule has 0 spiro atoms. The Bertz CT molecular complexity index is 1340. The maximum absolute atomic E-state index is 13.3. The van der Waals surface area contributed by atoms with E-state index in [9.17, 15) is 15.2 Å².